The number of amides is 1. The molecule has 2 aromatic carbocycles. The SMILES string of the molecule is O=C(Nc1cc(Cl)ccc1Cl)Oc1ccc(Cl)c(Cl)c1. The summed E-state index contributed by atoms with van der Waals surface area (Å²) < 4.78 is 5.05. The lowest BCUT2D eigenvalue weighted by molar-refractivity contribution is 0.215. The third-order valence-electron chi connectivity index (χ3n) is 2.27. The van der Waals surface area contributed by atoms with Crippen LogP contribution in [0.2, 0.25) is 20.1 Å². The zero-order chi connectivity index (χ0) is 14.7. The van der Waals surface area contributed by atoms with Crippen molar-refractivity contribution < 1.29 is 9.53 Å². The molecule has 0 saturated heterocycles. The number of hydrogen-bond acceptors (Lipinski definition) is 2. The molecule has 0 atom stereocenters. The van der Waals surface area contributed by atoms with E-state index in [0.717, 1.165) is 0 Å². The number of halogens is 4. The van der Waals surface area contributed by atoms with Gasteiger partial charge in [0.25, 0.3) is 0 Å². The van der Waals surface area contributed by atoms with Gasteiger partial charge in [-0.15, -0.1) is 0 Å². The lowest BCUT2D eigenvalue weighted by Gasteiger charge is -2.09. The molecule has 0 aromatic heterocycles. The van der Waals surface area contributed by atoms with Crippen molar-refractivity contribution in [1.29, 1.82) is 0 Å². The first-order chi connectivity index (χ1) is 9.45. The molecule has 104 valence electrons. The maximum absolute atomic E-state index is 11.7. The Bertz CT molecular complexity index is 661. The van der Waals surface area contributed by atoms with Gasteiger partial charge in [-0.05, 0) is 30.3 Å². The van der Waals surface area contributed by atoms with Crippen LogP contribution in [0.3, 0.4) is 0 Å². The van der Waals surface area contributed by atoms with Crippen molar-refractivity contribution in [2.24, 2.45) is 0 Å². The Labute approximate surface area is 135 Å². The van der Waals surface area contributed by atoms with E-state index < -0.39 is 6.09 Å². The van der Waals surface area contributed by atoms with Crippen LogP contribution in [0.5, 0.6) is 5.75 Å². The van der Waals surface area contributed by atoms with Crippen molar-refractivity contribution in [1.82, 2.24) is 0 Å². The third kappa shape index (κ3) is 3.93. The number of ether oxygens (including phenoxy) is 1. The highest BCUT2D eigenvalue weighted by Gasteiger charge is 2.09. The highest BCUT2D eigenvalue weighted by molar-refractivity contribution is 6.42. The first-order valence-corrected chi connectivity index (χ1v) is 6.86. The summed E-state index contributed by atoms with van der Waals surface area (Å²) in [5.74, 6) is 0.259. The van der Waals surface area contributed by atoms with E-state index in [9.17, 15) is 4.79 Å². The molecule has 0 aliphatic heterocycles. The average Bonchev–Trinajstić information content (AvgIpc) is 2.38. The molecule has 0 heterocycles. The molecule has 20 heavy (non-hydrogen) atoms. The molecule has 1 amide bonds. The van der Waals surface area contributed by atoms with Gasteiger partial charge in [-0.25, -0.2) is 4.79 Å². The zero-order valence-corrected chi connectivity index (χ0v) is 12.8. The lowest BCUT2D eigenvalue weighted by Crippen LogP contribution is -2.16. The van der Waals surface area contributed by atoms with E-state index in [0.29, 0.717) is 20.8 Å². The second-order valence-electron chi connectivity index (χ2n) is 3.71. The van der Waals surface area contributed by atoms with Gasteiger partial charge in [0, 0.05) is 11.1 Å². The average molecular weight is 351 g/mol. The predicted molar refractivity (Wildman–Crippen MR) is 82.6 cm³/mol. The van der Waals surface area contributed by atoms with Crippen LogP contribution in [-0.4, -0.2) is 6.09 Å². The molecule has 0 aliphatic rings. The quantitative estimate of drug-likeness (QED) is 0.730. The van der Waals surface area contributed by atoms with Gasteiger partial charge in [0.15, 0.2) is 0 Å². The molecule has 0 fully saturated rings. The Morgan fingerprint density at radius 2 is 1.60 bits per heavy atom. The normalized spacial score (nSPS) is 10.2. The number of carbonyl (C=O) groups excluding carboxylic acids is 1. The van der Waals surface area contributed by atoms with Crippen molar-refractivity contribution in [2.75, 3.05) is 5.32 Å². The Morgan fingerprint density at radius 3 is 2.30 bits per heavy atom. The number of carbonyl (C=O) groups is 1. The van der Waals surface area contributed by atoms with Crippen LogP contribution in [0, 0.1) is 0 Å². The predicted octanol–water partition coefficient (Wildman–Crippen LogP) is 5.91. The summed E-state index contributed by atoms with van der Waals surface area (Å²) in [4.78, 5) is 11.7. The molecule has 7 heteroatoms. The number of benzene rings is 2. The fourth-order valence-electron chi connectivity index (χ4n) is 1.38. The van der Waals surface area contributed by atoms with Crippen molar-refractivity contribution >= 4 is 58.2 Å². The van der Waals surface area contributed by atoms with Crippen molar-refractivity contribution in [3.05, 3.63) is 56.5 Å². The Kier molecular flexibility index (Phi) is 5.00. The summed E-state index contributed by atoms with van der Waals surface area (Å²) in [5, 5.41) is 3.93. The van der Waals surface area contributed by atoms with Gasteiger partial charge in [0.1, 0.15) is 5.75 Å². The molecule has 0 aliphatic carbocycles. The smallest absolute Gasteiger partial charge is 0.410 e. The van der Waals surface area contributed by atoms with E-state index in [4.69, 9.17) is 51.1 Å². The van der Waals surface area contributed by atoms with Gasteiger partial charge in [-0.3, -0.25) is 5.32 Å². The number of hydrogen-bond donors (Lipinski definition) is 1. The van der Waals surface area contributed by atoms with Crippen LogP contribution in [0.1, 0.15) is 0 Å². The van der Waals surface area contributed by atoms with Gasteiger partial charge in [-0.1, -0.05) is 46.4 Å². The standard InChI is InChI=1S/C13H7Cl4NO2/c14-7-1-3-10(16)12(5-7)18-13(19)20-8-2-4-9(15)11(17)6-8/h1-6H,(H,18,19). The van der Waals surface area contributed by atoms with Crippen molar-refractivity contribution in [2.45, 2.75) is 0 Å². The summed E-state index contributed by atoms with van der Waals surface area (Å²) in [6, 6.07) is 9.17. The van der Waals surface area contributed by atoms with Crippen molar-refractivity contribution in [3.8, 4) is 5.75 Å². The lowest BCUT2D eigenvalue weighted by atomic mass is 10.3. The van der Waals surface area contributed by atoms with E-state index in [1.807, 2.05) is 0 Å². The highest BCUT2D eigenvalue weighted by atomic mass is 35.5. The van der Waals surface area contributed by atoms with E-state index in [1.165, 1.54) is 24.3 Å². The summed E-state index contributed by atoms with van der Waals surface area (Å²) in [6.45, 7) is 0. The summed E-state index contributed by atoms with van der Waals surface area (Å²) in [5.41, 5.74) is 0.351. The number of nitrogens with one attached hydrogen (secondary N) is 1. The summed E-state index contributed by atoms with van der Waals surface area (Å²) >= 11 is 23.3. The highest BCUT2D eigenvalue weighted by Crippen LogP contribution is 2.28. The zero-order valence-electron chi connectivity index (χ0n) is 9.79. The minimum atomic E-state index is -0.715. The minimum absolute atomic E-state index is 0.259. The van der Waals surface area contributed by atoms with E-state index in [2.05, 4.69) is 5.32 Å². The van der Waals surface area contributed by atoms with Crippen LogP contribution in [0.4, 0.5) is 10.5 Å². The first-order valence-electron chi connectivity index (χ1n) is 5.34. The Hall–Kier alpha value is -1.13. The molecular weight excluding hydrogens is 344 g/mol. The van der Waals surface area contributed by atoms with Gasteiger partial charge in [-0.2, -0.15) is 0 Å². The molecule has 2 aromatic rings. The number of anilines is 1. The van der Waals surface area contributed by atoms with Crippen LogP contribution in [0.15, 0.2) is 36.4 Å². The molecule has 0 radical (unpaired) electrons. The second-order valence-corrected chi connectivity index (χ2v) is 5.37. The fourth-order valence-corrected chi connectivity index (χ4v) is 2.00. The van der Waals surface area contributed by atoms with Crippen LogP contribution < -0.4 is 10.1 Å². The van der Waals surface area contributed by atoms with Gasteiger partial charge >= 0.3 is 6.09 Å². The molecule has 0 spiro atoms. The van der Waals surface area contributed by atoms with E-state index in [-0.39, 0.29) is 10.8 Å². The molecule has 1 N–H and O–H groups in total. The molecular formula is C13H7Cl4NO2. The molecule has 3 nitrogen and oxygen atoms in total. The monoisotopic (exact) mass is 349 g/mol. The number of rotatable bonds is 2. The third-order valence-corrected chi connectivity index (χ3v) is 3.57. The Morgan fingerprint density at radius 1 is 0.900 bits per heavy atom. The maximum Gasteiger partial charge on any atom is 0.417 e. The van der Waals surface area contributed by atoms with Gasteiger partial charge < -0.3 is 4.74 Å². The van der Waals surface area contributed by atoms with Crippen LogP contribution >= 0.6 is 46.4 Å². The van der Waals surface area contributed by atoms with Gasteiger partial charge in [0.05, 0.1) is 20.8 Å². The molecule has 0 saturated carbocycles. The van der Waals surface area contributed by atoms with Gasteiger partial charge in [0.2, 0.25) is 0 Å². The molecule has 0 bridgehead atoms. The second kappa shape index (κ2) is 6.55. The van der Waals surface area contributed by atoms with Crippen molar-refractivity contribution in [3.63, 3.8) is 0 Å². The Balaban J connectivity index is 2.09. The summed E-state index contributed by atoms with van der Waals surface area (Å²) in [6.07, 6.45) is -0.715. The largest absolute Gasteiger partial charge is 0.417 e. The van der Waals surface area contributed by atoms with E-state index >= 15 is 0 Å². The van der Waals surface area contributed by atoms with Crippen LogP contribution in [-0.2, 0) is 0 Å². The van der Waals surface area contributed by atoms with E-state index in [1.54, 1.807) is 12.1 Å². The maximum atomic E-state index is 11.7. The fraction of sp³-hybridized carbons (Fsp3) is 0. The topological polar surface area (TPSA) is 38.3 Å². The minimum Gasteiger partial charge on any atom is -0.410 e. The molecule has 2 rings (SSSR count). The summed E-state index contributed by atoms with van der Waals surface area (Å²) in [7, 11) is 0. The first kappa shape index (κ1) is 15.3. The van der Waals surface area contributed by atoms with Crippen LogP contribution in [0.25, 0.3) is 0 Å². The molecule has 0 unspecified atom stereocenters.